The zero-order valence-electron chi connectivity index (χ0n) is 8.91. The lowest BCUT2D eigenvalue weighted by atomic mass is 10.0. The summed E-state index contributed by atoms with van der Waals surface area (Å²) in [7, 11) is 0. The second-order valence-electron chi connectivity index (χ2n) is 3.91. The lowest BCUT2D eigenvalue weighted by Gasteiger charge is -2.20. The van der Waals surface area contributed by atoms with Crippen LogP contribution in [0.3, 0.4) is 0 Å². The predicted octanol–water partition coefficient (Wildman–Crippen LogP) is 2.91. The molecule has 0 radical (unpaired) electrons. The standard InChI is InChI=1S/C12H14FNOS/c13-10-4-1-5-11(7-10)14-12(15)9-3-2-6-16-8-9/h1,4-5,7,9H,2-3,6,8H2,(H,14,15). The molecular formula is C12H14FNOS. The second-order valence-corrected chi connectivity index (χ2v) is 5.06. The SMILES string of the molecule is O=C(Nc1cccc(F)c1)C1CCCSC1. The van der Waals surface area contributed by atoms with Crippen molar-refractivity contribution in [2.75, 3.05) is 16.8 Å². The van der Waals surface area contributed by atoms with E-state index in [0.717, 1.165) is 24.3 Å². The van der Waals surface area contributed by atoms with E-state index in [2.05, 4.69) is 5.32 Å². The highest BCUT2D eigenvalue weighted by molar-refractivity contribution is 7.99. The van der Waals surface area contributed by atoms with Crippen LogP contribution >= 0.6 is 11.8 Å². The Labute approximate surface area is 98.6 Å². The molecule has 1 fully saturated rings. The monoisotopic (exact) mass is 239 g/mol. The Morgan fingerprint density at radius 3 is 3.06 bits per heavy atom. The third kappa shape index (κ3) is 2.98. The number of amides is 1. The maximum Gasteiger partial charge on any atom is 0.228 e. The molecule has 86 valence electrons. The number of hydrogen-bond donors (Lipinski definition) is 1. The number of benzene rings is 1. The number of thioether (sulfide) groups is 1. The largest absolute Gasteiger partial charge is 0.326 e. The summed E-state index contributed by atoms with van der Waals surface area (Å²) in [5.74, 6) is 1.78. The lowest BCUT2D eigenvalue weighted by Crippen LogP contribution is -2.27. The molecule has 1 aromatic rings. The zero-order valence-corrected chi connectivity index (χ0v) is 9.73. The highest BCUT2D eigenvalue weighted by atomic mass is 32.2. The van der Waals surface area contributed by atoms with Crippen molar-refractivity contribution in [1.82, 2.24) is 0 Å². The van der Waals surface area contributed by atoms with Gasteiger partial charge in [0.1, 0.15) is 5.82 Å². The van der Waals surface area contributed by atoms with Crippen molar-refractivity contribution in [2.24, 2.45) is 5.92 Å². The van der Waals surface area contributed by atoms with E-state index in [0.29, 0.717) is 5.69 Å². The minimum absolute atomic E-state index is 0.0119. The normalized spacial score (nSPS) is 20.4. The molecule has 0 saturated carbocycles. The van der Waals surface area contributed by atoms with Crippen LogP contribution in [0.5, 0.6) is 0 Å². The Balaban J connectivity index is 1.96. The fraction of sp³-hybridized carbons (Fsp3) is 0.417. The van der Waals surface area contributed by atoms with E-state index >= 15 is 0 Å². The second kappa shape index (κ2) is 5.34. The van der Waals surface area contributed by atoms with Gasteiger partial charge in [0.05, 0.1) is 0 Å². The molecule has 1 saturated heterocycles. The van der Waals surface area contributed by atoms with Gasteiger partial charge in [0.15, 0.2) is 0 Å². The Morgan fingerprint density at radius 2 is 2.38 bits per heavy atom. The van der Waals surface area contributed by atoms with Gasteiger partial charge >= 0.3 is 0 Å². The number of carbonyl (C=O) groups is 1. The summed E-state index contributed by atoms with van der Waals surface area (Å²) in [5, 5.41) is 2.76. The topological polar surface area (TPSA) is 29.1 Å². The lowest BCUT2D eigenvalue weighted by molar-refractivity contribution is -0.119. The van der Waals surface area contributed by atoms with E-state index in [1.165, 1.54) is 12.1 Å². The van der Waals surface area contributed by atoms with E-state index in [1.807, 2.05) is 11.8 Å². The molecule has 1 N–H and O–H groups in total. The fourth-order valence-corrected chi connectivity index (χ4v) is 2.90. The van der Waals surface area contributed by atoms with Crippen LogP contribution in [-0.4, -0.2) is 17.4 Å². The van der Waals surface area contributed by atoms with Gasteiger partial charge in [-0.05, 0) is 36.8 Å². The molecule has 1 aromatic carbocycles. The van der Waals surface area contributed by atoms with Crippen molar-refractivity contribution >= 4 is 23.4 Å². The van der Waals surface area contributed by atoms with Crippen molar-refractivity contribution in [3.8, 4) is 0 Å². The number of halogens is 1. The molecule has 2 rings (SSSR count). The summed E-state index contributed by atoms with van der Waals surface area (Å²) < 4.78 is 12.9. The van der Waals surface area contributed by atoms with Crippen LogP contribution in [-0.2, 0) is 4.79 Å². The Morgan fingerprint density at radius 1 is 1.50 bits per heavy atom. The Kier molecular flexibility index (Phi) is 3.83. The summed E-state index contributed by atoms with van der Waals surface area (Å²) in [4.78, 5) is 11.8. The van der Waals surface area contributed by atoms with Crippen molar-refractivity contribution < 1.29 is 9.18 Å². The van der Waals surface area contributed by atoms with Gasteiger partial charge in [-0.3, -0.25) is 4.79 Å². The van der Waals surface area contributed by atoms with Crippen LogP contribution in [0.4, 0.5) is 10.1 Å². The molecule has 16 heavy (non-hydrogen) atoms. The summed E-state index contributed by atoms with van der Waals surface area (Å²) in [6.07, 6.45) is 2.03. The third-order valence-electron chi connectivity index (χ3n) is 2.62. The van der Waals surface area contributed by atoms with Gasteiger partial charge in [0.25, 0.3) is 0 Å². The first-order valence-electron chi connectivity index (χ1n) is 5.40. The van der Waals surface area contributed by atoms with Gasteiger partial charge < -0.3 is 5.32 Å². The van der Waals surface area contributed by atoms with Gasteiger partial charge in [0, 0.05) is 17.4 Å². The molecular weight excluding hydrogens is 225 g/mol. The average molecular weight is 239 g/mol. The summed E-state index contributed by atoms with van der Waals surface area (Å²) in [6.45, 7) is 0. The molecule has 1 atom stereocenters. The van der Waals surface area contributed by atoms with Gasteiger partial charge in [0.2, 0.25) is 5.91 Å². The molecule has 2 nitrogen and oxygen atoms in total. The molecule has 0 bridgehead atoms. The first-order valence-corrected chi connectivity index (χ1v) is 6.55. The molecule has 0 aliphatic carbocycles. The number of carbonyl (C=O) groups excluding carboxylic acids is 1. The minimum atomic E-state index is -0.323. The molecule has 1 aliphatic rings. The maximum atomic E-state index is 12.9. The highest BCUT2D eigenvalue weighted by Crippen LogP contribution is 2.23. The number of anilines is 1. The molecule has 1 aliphatic heterocycles. The van der Waals surface area contributed by atoms with Crippen LogP contribution in [0.25, 0.3) is 0 Å². The first-order chi connectivity index (χ1) is 7.75. The minimum Gasteiger partial charge on any atom is -0.326 e. The predicted molar refractivity (Wildman–Crippen MR) is 65.1 cm³/mol. The summed E-state index contributed by atoms with van der Waals surface area (Å²) in [6, 6.07) is 6.01. The van der Waals surface area contributed by atoms with Crippen molar-refractivity contribution in [2.45, 2.75) is 12.8 Å². The molecule has 1 heterocycles. The van der Waals surface area contributed by atoms with Crippen molar-refractivity contribution in [3.63, 3.8) is 0 Å². The first kappa shape index (κ1) is 11.5. The average Bonchev–Trinajstić information content (AvgIpc) is 2.30. The van der Waals surface area contributed by atoms with Gasteiger partial charge in [-0.2, -0.15) is 11.8 Å². The maximum absolute atomic E-state index is 12.9. The smallest absolute Gasteiger partial charge is 0.228 e. The van der Waals surface area contributed by atoms with E-state index in [4.69, 9.17) is 0 Å². The summed E-state index contributed by atoms with van der Waals surface area (Å²) in [5.41, 5.74) is 0.542. The zero-order chi connectivity index (χ0) is 11.4. The van der Waals surface area contributed by atoms with Crippen LogP contribution in [0.1, 0.15) is 12.8 Å². The third-order valence-corrected chi connectivity index (χ3v) is 3.84. The van der Waals surface area contributed by atoms with Crippen LogP contribution in [0, 0.1) is 11.7 Å². The number of nitrogens with one attached hydrogen (secondary N) is 1. The Bertz CT molecular complexity index is 377. The van der Waals surface area contributed by atoms with Crippen LogP contribution < -0.4 is 5.32 Å². The van der Waals surface area contributed by atoms with Crippen molar-refractivity contribution in [3.05, 3.63) is 30.1 Å². The summed E-state index contributed by atoms with van der Waals surface area (Å²) >= 11 is 1.81. The van der Waals surface area contributed by atoms with E-state index < -0.39 is 0 Å². The van der Waals surface area contributed by atoms with Gasteiger partial charge in [-0.15, -0.1) is 0 Å². The van der Waals surface area contributed by atoms with Gasteiger partial charge in [-0.25, -0.2) is 4.39 Å². The molecule has 0 aromatic heterocycles. The molecule has 0 spiro atoms. The molecule has 1 unspecified atom stereocenters. The van der Waals surface area contributed by atoms with Gasteiger partial charge in [-0.1, -0.05) is 6.07 Å². The highest BCUT2D eigenvalue weighted by Gasteiger charge is 2.21. The van der Waals surface area contributed by atoms with Crippen molar-refractivity contribution in [1.29, 1.82) is 0 Å². The number of rotatable bonds is 2. The quantitative estimate of drug-likeness (QED) is 0.859. The molecule has 1 amide bonds. The van der Waals surface area contributed by atoms with E-state index in [-0.39, 0.29) is 17.6 Å². The number of hydrogen-bond acceptors (Lipinski definition) is 2. The Hall–Kier alpha value is -1.03. The van der Waals surface area contributed by atoms with Crippen LogP contribution in [0.15, 0.2) is 24.3 Å². The van der Waals surface area contributed by atoms with Crippen LogP contribution in [0.2, 0.25) is 0 Å². The molecule has 4 heteroatoms. The van der Waals surface area contributed by atoms with E-state index in [9.17, 15) is 9.18 Å². The fourth-order valence-electron chi connectivity index (χ4n) is 1.76. The van der Waals surface area contributed by atoms with E-state index in [1.54, 1.807) is 12.1 Å².